The number of hydrogen-bond donors (Lipinski definition) is 0. The molecule has 0 spiro atoms. The molecule has 0 saturated heterocycles. The van der Waals surface area contributed by atoms with Crippen molar-refractivity contribution in [2.75, 3.05) is 6.61 Å². The number of benzene rings is 1. The Morgan fingerprint density at radius 1 is 1.29 bits per heavy atom. The number of halogens is 1. The van der Waals surface area contributed by atoms with Crippen LogP contribution in [0.3, 0.4) is 0 Å². The summed E-state index contributed by atoms with van der Waals surface area (Å²) in [6.07, 6.45) is 0. The van der Waals surface area contributed by atoms with Gasteiger partial charge in [0.2, 0.25) is 0 Å². The second kappa shape index (κ2) is 6.15. The zero-order chi connectivity index (χ0) is 12.1. The molecule has 0 saturated carbocycles. The fourth-order valence-corrected chi connectivity index (χ4v) is 2.52. The van der Waals surface area contributed by atoms with Crippen LogP contribution < -0.4 is 0 Å². The molecule has 2 nitrogen and oxygen atoms in total. The first kappa shape index (κ1) is 12.6. The van der Waals surface area contributed by atoms with Crippen molar-refractivity contribution in [3.8, 4) is 10.6 Å². The molecule has 0 aliphatic rings. The maximum Gasteiger partial charge on any atom is 0.123 e. The van der Waals surface area contributed by atoms with Gasteiger partial charge >= 0.3 is 0 Å². The van der Waals surface area contributed by atoms with Crippen molar-refractivity contribution < 1.29 is 4.74 Å². The van der Waals surface area contributed by atoms with Gasteiger partial charge in [0.05, 0.1) is 18.2 Å². The first-order chi connectivity index (χ1) is 8.33. The van der Waals surface area contributed by atoms with Crippen molar-refractivity contribution in [1.82, 2.24) is 4.98 Å². The Morgan fingerprint density at radius 3 is 2.65 bits per heavy atom. The summed E-state index contributed by atoms with van der Waals surface area (Å²) in [5.41, 5.74) is 3.25. The van der Waals surface area contributed by atoms with Gasteiger partial charge in [-0.1, -0.05) is 24.3 Å². The summed E-state index contributed by atoms with van der Waals surface area (Å²) in [6.45, 7) is 3.41. The van der Waals surface area contributed by atoms with Crippen molar-refractivity contribution in [3.05, 3.63) is 40.9 Å². The number of aromatic nitrogens is 1. The molecule has 0 aliphatic carbocycles. The average molecular weight is 268 g/mol. The van der Waals surface area contributed by atoms with Crippen LogP contribution in [0.5, 0.6) is 0 Å². The van der Waals surface area contributed by atoms with Gasteiger partial charge in [0, 0.05) is 17.6 Å². The Balaban J connectivity index is 2.11. The van der Waals surface area contributed by atoms with Crippen LogP contribution in [0.15, 0.2) is 29.6 Å². The molecular formula is C13H14ClNOS. The lowest BCUT2D eigenvalue weighted by Crippen LogP contribution is -1.91. The first-order valence-corrected chi connectivity index (χ1v) is 6.92. The van der Waals surface area contributed by atoms with Gasteiger partial charge in [-0.3, -0.25) is 0 Å². The van der Waals surface area contributed by atoms with Crippen LogP contribution in [0.4, 0.5) is 0 Å². The van der Waals surface area contributed by atoms with E-state index in [1.807, 2.05) is 12.3 Å². The van der Waals surface area contributed by atoms with Crippen LogP contribution in [0.2, 0.25) is 0 Å². The molecule has 1 heterocycles. The number of nitrogens with zero attached hydrogens (tertiary/aromatic N) is 1. The minimum absolute atomic E-state index is 0.471. The average Bonchev–Trinajstić information content (AvgIpc) is 2.86. The first-order valence-electron chi connectivity index (χ1n) is 5.51. The molecule has 1 aromatic heterocycles. The van der Waals surface area contributed by atoms with Gasteiger partial charge in [-0.2, -0.15) is 0 Å². The van der Waals surface area contributed by atoms with E-state index in [9.17, 15) is 0 Å². The van der Waals surface area contributed by atoms with Gasteiger partial charge in [0.1, 0.15) is 5.01 Å². The Bertz CT molecular complexity index is 467. The van der Waals surface area contributed by atoms with E-state index in [4.69, 9.17) is 16.3 Å². The van der Waals surface area contributed by atoms with E-state index in [0.29, 0.717) is 12.5 Å². The molecule has 0 aliphatic heterocycles. The van der Waals surface area contributed by atoms with Crippen LogP contribution in [-0.2, 0) is 17.2 Å². The zero-order valence-corrected chi connectivity index (χ0v) is 11.2. The summed E-state index contributed by atoms with van der Waals surface area (Å²) in [6, 6.07) is 8.30. The highest BCUT2D eigenvalue weighted by Crippen LogP contribution is 2.24. The highest BCUT2D eigenvalue weighted by Gasteiger charge is 2.03. The van der Waals surface area contributed by atoms with Crippen LogP contribution in [0.1, 0.15) is 18.2 Å². The van der Waals surface area contributed by atoms with Crippen LogP contribution >= 0.6 is 22.9 Å². The number of thiazole rings is 1. The molecule has 2 rings (SSSR count). The molecule has 0 atom stereocenters. The Morgan fingerprint density at radius 2 is 2.06 bits per heavy atom. The summed E-state index contributed by atoms with van der Waals surface area (Å²) in [5.74, 6) is 0.471. The topological polar surface area (TPSA) is 22.1 Å². The SMILES string of the molecule is CCOCc1ccc(-c2nc(CCl)cs2)cc1. The monoisotopic (exact) mass is 267 g/mol. The van der Waals surface area contributed by atoms with Crippen LogP contribution in [-0.4, -0.2) is 11.6 Å². The molecule has 0 unspecified atom stereocenters. The Hall–Kier alpha value is -0.900. The lowest BCUT2D eigenvalue weighted by atomic mass is 10.1. The smallest absolute Gasteiger partial charge is 0.123 e. The molecule has 0 fully saturated rings. The van der Waals surface area contributed by atoms with Crippen LogP contribution in [0, 0.1) is 0 Å². The van der Waals surface area contributed by atoms with E-state index in [2.05, 4.69) is 29.2 Å². The molecule has 0 radical (unpaired) electrons. The summed E-state index contributed by atoms with van der Waals surface area (Å²) in [4.78, 5) is 4.45. The minimum Gasteiger partial charge on any atom is -0.377 e. The molecule has 0 bridgehead atoms. The normalized spacial score (nSPS) is 10.7. The van der Waals surface area contributed by atoms with Crippen molar-refractivity contribution in [2.45, 2.75) is 19.4 Å². The lowest BCUT2D eigenvalue weighted by Gasteiger charge is -2.02. The predicted octanol–water partition coefficient (Wildman–Crippen LogP) is 4.09. The molecule has 0 N–H and O–H groups in total. The van der Waals surface area contributed by atoms with E-state index < -0.39 is 0 Å². The van der Waals surface area contributed by atoms with Gasteiger partial charge in [0.25, 0.3) is 0 Å². The highest BCUT2D eigenvalue weighted by atomic mass is 35.5. The summed E-state index contributed by atoms with van der Waals surface area (Å²) >= 11 is 7.36. The highest BCUT2D eigenvalue weighted by molar-refractivity contribution is 7.13. The van der Waals surface area contributed by atoms with Gasteiger partial charge in [-0.25, -0.2) is 4.98 Å². The second-order valence-corrected chi connectivity index (χ2v) is 4.74. The third kappa shape index (κ3) is 3.28. The lowest BCUT2D eigenvalue weighted by molar-refractivity contribution is 0.134. The maximum absolute atomic E-state index is 5.74. The van der Waals surface area contributed by atoms with E-state index in [1.54, 1.807) is 11.3 Å². The third-order valence-electron chi connectivity index (χ3n) is 2.36. The molecule has 1 aromatic carbocycles. The predicted molar refractivity (Wildman–Crippen MR) is 72.4 cm³/mol. The minimum atomic E-state index is 0.471. The molecule has 4 heteroatoms. The van der Waals surface area contributed by atoms with Crippen molar-refractivity contribution >= 4 is 22.9 Å². The van der Waals surface area contributed by atoms with E-state index >= 15 is 0 Å². The largest absolute Gasteiger partial charge is 0.377 e. The summed E-state index contributed by atoms with van der Waals surface area (Å²) < 4.78 is 5.36. The summed E-state index contributed by atoms with van der Waals surface area (Å²) in [7, 11) is 0. The van der Waals surface area contributed by atoms with Crippen LogP contribution in [0.25, 0.3) is 10.6 Å². The number of ether oxygens (including phenoxy) is 1. The van der Waals surface area contributed by atoms with E-state index in [0.717, 1.165) is 22.9 Å². The van der Waals surface area contributed by atoms with Crippen molar-refractivity contribution in [3.63, 3.8) is 0 Å². The van der Waals surface area contributed by atoms with Gasteiger partial charge in [-0.15, -0.1) is 22.9 Å². The number of hydrogen-bond acceptors (Lipinski definition) is 3. The molecular weight excluding hydrogens is 254 g/mol. The second-order valence-electron chi connectivity index (χ2n) is 3.61. The summed E-state index contributed by atoms with van der Waals surface area (Å²) in [5, 5.41) is 3.01. The van der Waals surface area contributed by atoms with E-state index in [1.165, 1.54) is 5.56 Å². The third-order valence-corrected chi connectivity index (χ3v) is 3.58. The van der Waals surface area contributed by atoms with Crippen molar-refractivity contribution in [1.29, 1.82) is 0 Å². The Labute approximate surface area is 110 Å². The molecule has 0 amide bonds. The fourth-order valence-electron chi connectivity index (χ4n) is 1.46. The zero-order valence-electron chi connectivity index (χ0n) is 9.65. The van der Waals surface area contributed by atoms with Gasteiger partial charge in [0.15, 0.2) is 0 Å². The number of alkyl halides is 1. The van der Waals surface area contributed by atoms with Gasteiger partial charge < -0.3 is 4.74 Å². The molecule has 2 aromatic rings. The maximum atomic E-state index is 5.74. The van der Waals surface area contributed by atoms with Crippen molar-refractivity contribution in [2.24, 2.45) is 0 Å². The van der Waals surface area contributed by atoms with Gasteiger partial charge in [-0.05, 0) is 12.5 Å². The molecule has 17 heavy (non-hydrogen) atoms. The molecule has 90 valence electrons. The van der Waals surface area contributed by atoms with E-state index in [-0.39, 0.29) is 0 Å². The number of rotatable bonds is 5. The standard InChI is InChI=1S/C13H14ClNOS/c1-2-16-8-10-3-5-11(6-4-10)13-15-12(7-14)9-17-13/h3-6,9H,2,7-8H2,1H3. The quantitative estimate of drug-likeness (QED) is 0.762. The fraction of sp³-hybridized carbons (Fsp3) is 0.308. The Kier molecular flexibility index (Phi) is 4.54.